The molecule has 1 saturated heterocycles. The maximum atomic E-state index is 4.35. The van der Waals surface area contributed by atoms with Gasteiger partial charge >= 0.3 is 0 Å². The first-order chi connectivity index (χ1) is 8.83. The normalized spacial score (nSPS) is 24.7. The van der Waals surface area contributed by atoms with E-state index in [-0.39, 0.29) is 0 Å². The molecule has 1 aromatic heterocycles. The fourth-order valence-corrected chi connectivity index (χ4v) is 2.79. The van der Waals surface area contributed by atoms with Crippen LogP contribution in [0.25, 0.3) is 0 Å². The van der Waals surface area contributed by atoms with Crippen molar-refractivity contribution in [1.82, 2.24) is 25.0 Å². The Morgan fingerprint density at radius 3 is 2.89 bits per heavy atom. The summed E-state index contributed by atoms with van der Waals surface area (Å²) in [5.74, 6) is 1.08. The second-order valence-electron chi connectivity index (χ2n) is 5.61. The van der Waals surface area contributed by atoms with Crippen molar-refractivity contribution in [2.45, 2.75) is 50.7 Å². The van der Waals surface area contributed by atoms with Gasteiger partial charge in [-0.1, -0.05) is 6.42 Å². The molecule has 1 N–H and O–H groups in total. The van der Waals surface area contributed by atoms with Crippen LogP contribution in [0.2, 0.25) is 0 Å². The summed E-state index contributed by atoms with van der Waals surface area (Å²) in [6.45, 7) is 3.30. The summed E-state index contributed by atoms with van der Waals surface area (Å²) in [4.78, 5) is 6.94. The quantitative estimate of drug-likeness (QED) is 0.843. The molecule has 2 heterocycles. The zero-order valence-corrected chi connectivity index (χ0v) is 11.2. The summed E-state index contributed by atoms with van der Waals surface area (Å²) in [5, 5.41) is 7.80. The monoisotopic (exact) mass is 249 g/mol. The van der Waals surface area contributed by atoms with E-state index < -0.39 is 0 Å². The number of aromatic nitrogens is 3. The van der Waals surface area contributed by atoms with Crippen molar-refractivity contribution >= 4 is 0 Å². The van der Waals surface area contributed by atoms with Crippen LogP contribution in [-0.2, 0) is 13.6 Å². The Morgan fingerprint density at radius 2 is 2.28 bits per heavy atom. The van der Waals surface area contributed by atoms with E-state index in [1.165, 1.54) is 38.6 Å². The molecule has 0 amide bonds. The zero-order valence-electron chi connectivity index (χ0n) is 11.2. The molecule has 100 valence electrons. The Hall–Kier alpha value is -0.940. The molecule has 3 rings (SSSR count). The van der Waals surface area contributed by atoms with Gasteiger partial charge in [0.15, 0.2) is 0 Å². The van der Waals surface area contributed by atoms with E-state index in [0.717, 1.165) is 25.0 Å². The minimum Gasteiger partial charge on any atom is -0.313 e. The van der Waals surface area contributed by atoms with Gasteiger partial charge in [-0.3, -0.25) is 9.58 Å². The van der Waals surface area contributed by atoms with Gasteiger partial charge in [0.2, 0.25) is 0 Å². The number of aryl methyl sites for hydroxylation is 1. The summed E-state index contributed by atoms with van der Waals surface area (Å²) in [5.41, 5.74) is 0. The van der Waals surface area contributed by atoms with Crippen molar-refractivity contribution in [3.63, 3.8) is 0 Å². The van der Waals surface area contributed by atoms with Crippen LogP contribution in [-0.4, -0.2) is 44.8 Å². The molecule has 1 aromatic rings. The molecule has 5 nitrogen and oxygen atoms in total. The first-order valence-electron chi connectivity index (χ1n) is 7.13. The molecule has 0 radical (unpaired) electrons. The van der Waals surface area contributed by atoms with E-state index in [4.69, 9.17) is 0 Å². The highest BCUT2D eigenvalue weighted by Gasteiger charge is 2.31. The number of hydrogen-bond acceptors (Lipinski definition) is 4. The van der Waals surface area contributed by atoms with Gasteiger partial charge in [-0.2, -0.15) is 5.10 Å². The van der Waals surface area contributed by atoms with Crippen LogP contribution in [0.4, 0.5) is 0 Å². The molecule has 0 spiro atoms. The van der Waals surface area contributed by atoms with Crippen LogP contribution in [0.1, 0.15) is 37.9 Å². The Labute approximate surface area is 109 Å². The second-order valence-corrected chi connectivity index (χ2v) is 5.61. The van der Waals surface area contributed by atoms with Crippen LogP contribution in [0, 0.1) is 0 Å². The summed E-state index contributed by atoms with van der Waals surface area (Å²) >= 11 is 0. The van der Waals surface area contributed by atoms with E-state index in [0.29, 0.717) is 6.04 Å². The number of nitrogens with zero attached hydrogens (tertiary/aromatic N) is 4. The highest BCUT2D eigenvalue weighted by Crippen LogP contribution is 2.28. The summed E-state index contributed by atoms with van der Waals surface area (Å²) in [6.07, 6.45) is 8.39. The van der Waals surface area contributed by atoms with Gasteiger partial charge < -0.3 is 5.32 Å². The zero-order chi connectivity index (χ0) is 12.4. The molecule has 18 heavy (non-hydrogen) atoms. The van der Waals surface area contributed by atoms with Gasteiger partial charge in [0, 0.05) is 25.7 Å². The van der Waals surface area contributed by atoms with Gasteiger partial charge in [0.25, 0.3) is 0 Å². The molecule has 2 aliphatic rings. The fourth-order valence-electron chi connectivity index (χ4n) is 2.79. The van der Waals surface area contributed by atoms with Crippen molar-refractivity contribution in [1.29, 1.82) is 0 Å². The van der Waals surface area contributed by atoms with E-state index in [1.54, 1.807) is 6.33 Å². The maximum absolute atomic E-state index is 4.35. The lowest BCUT2D eigenvalue weighted by molar-refractivity contribution is 0.201. The maximum Gasteiger partial charge on any atom is 0.140 e. The SMILES string of the molecule is Cn1ncnc1CN(CC1CCCCN1)C1CC1. The van der Waals surface area contributed by atoms with Gasteiger partial charge in [-0.05, 0) is 32.2 Å². The molecular formula is C13H23N5. The Kier molecular flexibility index (Phi) is 3.61. The van der Waals surface area contributed by atoms with Crippen molar-refractivity contribution in [3.05, 3.63) is 12.2 Å². The molecule has 0 bridgehead atoms. The third-order valence-electron chi connectivity index (χ3n) is 4.08. The van der Waals surface area contributed by atoms with Gasteiger partial charge in [-0.15, -0.1) is 0 Å². The summed E-state index contributed by atoms with van der Waals surface area (Å²) in [6, 6.07) is 1.46. The first kappa shape index (κ1) is 12.1. The standard InChI is InChI=1S/C13H23N5/c1-17-13(15-10-16-17)9-18(12-5-6-12)8-11-4-2-3-7-14-11/h10-12,14H,2-9H2,1H3. The van der Waals surface area contributed by atoms with E-state index in [9.17, 15) is 0 Å². The number of piperidine rings is 1. The fraction of sp³-hybridized carbons (Fsp3) is 0.846. The van der Waals surface area contributed by atoms with E-state index in [1.807, 2.05) is 11.7 Å². The molecule has 0 aromatic carbocycles. The summed E-state index contributed by atoms with van der Waals surface area (Å²) < 4.78 is 1.89. The molecule has 1 atom stereocenters. The lowest BCUT2D eigenvalue weighted by Gasteiger charge is -2.30. The Balaban J connectivity index is 1.59. The Bertz CT molecular complexity index is 378. The summed E-state index contributed by atoms with van der Waals surface area (Å²) in [7, 11) is 1.98. The average molecular weight is 249 g/mol. The number of rotatable bonds is 5. The minimum absolute atomic E-state index is 0.674. The molecule has 1 aliphatic carbocycles. The smallest absolute Gasteiger partial charge is 0.140 e. The van der Waals surface area contributed by atoms with Gasteiger partial charge in [-0.25, -0.2) is 4.98 Å². The highest BCUT2D eigenvalue weighted by atomic mass is 15.3. The van der Waals surface area contributed by atoms with Crippen molar-refractivity contribution in [2.75, 3.05) is 13.1 Å². The molecular weight excluding hydrogens is 226 g/mol. The van der Waals surface area contributed by atoms with Crippen molar-refractivity contribution < 1.29 is 0 Å². The second kappa shape index (κ2) is 5.36. The number of hydrogen-bond donors (Lipinski definition) is 1. The molecule has 5 heteroatoms. The van der Waals surface area contributed by atoms with Crippen LogP contribution in [0.15, 0.2) is 6.33 Å². The molecule has 2 fully saturated rings. The van der Waals surface area contributed by atoms with Crippen LogP contribution in [0.5, 0.6) is 0 Å². The molecule has 1 aliphatic heterocycles. The van der Waals surface area contributed by atoms with Crippen LogP contribution in [0.3, 0.4) is 0 Å². The number of nitrogens with one attached hydrogen (secondary N) is 1. The minimum atomic E-state index is 0.674. The topological polar surface area (TPSA) is 46.0 Å². The average Bonchev–Trinajstić information content (AvgIpc) is 3.16. The third kappa shape index (κ3) is 2.90. The third-order valence-corrected chi connectivity index (χ3v) is 4.08. The highest BCUT2D eigenvalue weighted by molar-refractivity contribution is 4.92. The van der Waals surface area contributed by atoms with Crippen LogP contribution < -0.4 is 5.32 Å². The van der Waals surface area contributed by atoms with E-state index in [2.05, 4.69) is 20.3 Å². The lowest BCUT2D eigenvalue weighted by Crippen LogP contribution is -2.44. The van der Waals surface area contributed by atoms with Gasteiger partial charge in [0.05, 0.1) is 6.54 Å². The predicted molar refractivity (Wildman–Crippen MR) is 70.1 cm³/mol. The van der Waals surface area contributed by atoms with Crippen molar-refractivity contribution in [2.24, 2.45) is 7.05 Å². The van der Waals surface area contributed by atoms with E-state index >= 15 is 0 Å². The molecule has 1 unspecified atom stereocenters. The lowest BCUT2D eigenvalue weighted by atomic mass is 10.0. The van der Waals surface area contributed by atoms with Crippen molar-refractivity contribution in [3.8, 4) is 0 Å². The van der Waals surface area contributed by atoms with Crippen LogP contribution >= 0.6 is 0 Å². The largest absolute Gasteiger partial charge is 0.313 e. The predicted octanol–water partition coefficient (Wildman–Crippen LogP) is 0.922. The first-order valence-corrected chi connectivity index (χ1v) is 7.13. The Morgan fingerprint density at radius 1 is 1.39 bits per heavy atom. The van der Waals surface area contributed by atoms with Gasteiger partial charge in [0.1, 0.15) is 12.2 Å². The molecule has 1 saturated carbocycles.